The smallest absolute Gasteiger partial charge is 0.344 e. The van der Waals surface area contributed by atoms with E-state index in [1.54, 1.807) is 48.7 Å². The third kappa shape index (κ3) is 4.28. The molecule has 1 N–H and O–H groups in total. The minimum absolute atomic E-state index is 0.154. The molecule has 0 saturated heterocycles. The molecule has 0 unspecified atom stereocenters. The van der Waals surface area contributed by atoms with Gasteiger partial charge in [-0.2, -0.15) is 0 Å². The van der Waals surface area contributed by atoms with Crippen LogP contribution in [0.25, 0.3) is 6.08 Å². The predicted octanol–water partition coefficient (Wildman–Crippen LogP) is 2.83. The Labute approximate surface area is 127 Å². The first-order valence-electron chi connectivity index (χ1n) is 6.68. The molecule has 0 aliphatic rings. The highest BCUT2D eigenvalue weighted by molar-refractivity contribution is 6.06. The summed E-state index contributed by atoms with van der Waals surface area (Å²) in [4.78, 5) is 26.6. The van der Waals surface area contributed by atoms with E-state index >= 15 is 0 Å². The fraction of sp³-hybridized carbons (Fsp3) is 0.118. The van der Waals surface area contributed by atoms with Gasteiger partial charge in [0.1, 0.15) is 5.75 Å². The number of rotatable bonds is 6. The highest BCUT2D eigenvalue weighted by atomic mass is 16.5. The molecule has 0 aliphatic carbocycles. The zero-order valence-electron chi connectivity index (χ0n) is 12.0. The number of benzene rings is 1. The van der Waals surface area contributed by atoms with Crippen molar-refractivity contribution in [2.75, 3.05) is 0 Å². The van der Waals surface area contributed by atoms with Crippen LogP contribution in [-0.4, -0.2) is 27.9 Å². The third-order valence-electron chi connectivity index (χ3n) is 2.89. The molecule has 0 saturated carbocycles. The maximum Gasteiger partial charge on any atom is 0.344 e. The first-order chi connectivity index (χ1) is 10.6. The lowest BCUT2D eigenvalue weighted by molar-refractivity contribution is -0.144. The molecule has 1 atom stereocenters. The second kappa shape index (κ2) is 7.17. The Morgan fingerprint density at radius 3 is 2.77 bits per heavy atom. The molecule has 2 aromatic rings. The summed E-state index contributed by atoms with van der Waals surface area (Å²) in [7, 11) is 0. The van der Waals surface area contributed by atoms with E-state index in [9.17, 15) is 9.59 Å². The average molecular weight is 297 g/mol. The number of carbonyl (C=O) groups is 2. The molecular formula is C17H15NO4. The number of nitrogens with zero attached hydrogens (tertiary/aromatic N) is 1. The molecule has 5 nitrogen and oxygen atoms in total. The first-order valence-corrected chi connectivity index (χ1v) is 6.68. The van der Waals surface area contributed by atoms with Crippen LogP contribution in [0.3, 0.4) is 0 Å². The lowest BCUT2D eigenvalue weighted by Crippen LogP contribution is -2.22. The number of allylic oxidation sites excluding steroid dienone is 1. The highest BCUT2D eigenvalue weighted by Crippen LogP contribution is 2.16. The molecule has 22 heavy (non-hydrogen) atoms. The average Bonchev–Trinajstić information content (AvgIpc) is 2.53. The summed E-state index contributed by atoms with van der Waals surface area (Å²) in [5, 5.41) is 8.83. The van der Waals surface area contributed by atoms with Gasteiger partial charge in [-0.25, -0.2) is 4.79 Å². The maximum absolute atomic E-state index is 11.9. The van der Waals surface area contributed by atoms with Gasteiger partial charge in [0.15, 0.2) is 11.9 Å². The minimum atomic E-state index is -1.03. The number of ether oxygens (including phenoxy) is 1. The van der Waals surface area contributed by atoms with E-state index in [0.717, 1.165) is 5.56 Å². The number of aliphatic carboxylic acids is 1. The largest absolute Gasteiger partial charge is 0.479 e. The van der Waals surface area contributed by atoms with E-state index in [4.69, 9.17) is 9.84 Å². The topological polar surface area (TPSA) is 76.5 Å². The quantitative estimate of drug-likeness (QED) is 0.655. The van der Waals surface area contributed by atoms with E-state index in [1.165, 1.54) is 19.2 Å². The molecule has 1 aromatic carbocycles. The zero-order valence-corrected chi connectivity index (χ0v) is 12.0. The molecular weight excluding hydrogens is 282 g/mol. The Balaban J connectivity index is 2.08. The van der Waals surface area contributed by atoms with Crippen molar-refractivity contribution >= 4 is 17.8 Å². The van der Waals surface area contributed by atoms with Crippen LogP contribution in [0, 0.1) is 0 Å². The molecule has 0 bridgehead atoms. The normalized spacial score (nSPS) is 12.0. The molecule has 1 heterocycles. The van der Waals surface area contributed by atoms with E-state index in [-0.39, 0.29) is 5.78 Å². The van der Waals surface area contributed by atoms with Crippen molar-refractivity contribution in [2.24, 2.45) is 0 Å². The third-order valence-corrected chi connectivity index (χ3v) is 2.89. The molecule has 0 fully saturated rings. The van der Waals surface area contributed by atoms with Crippen LogP contribution in [0.2, 0.25) is 0 Å². The Kier molecular flexibility index (Phi) is 5.03. The second-order valence-corrected chi connectivity index (χ2v) is 4.61. The molecule has 0 spiro atoms. The Morgan fingerprint density at radius 2 is 2.09 bits per heavy atom. The van der Waals surface area contributed by atoms with Gasteiger partial charge in [0.05, 0.1) is 0 Å². The number of hydrogen-bond donors (Lipinski definition) is 1. The van der Waals surface area contributed by atoms with Crippen LogP contribution in [0.4, 0.5) is 0 Å². The molecule has 5 heteroatoms. The SMILES string of the molecule is C[C@@H](Oc1cccc(/C=C/C(=O)c2cccnc2)c1)C(=O)O. The fourth-order valence-electron chi connectivity index (χ4n) is 1.72. The summed E-state index contributed by atoms with van der Waals surface area (Å²) in [6.45, 7) is 1.46. The van der Waals surface area contributed by atoms with E-state index < -0.39 is 12.1 Å². The number of pyridine rings is 1. The highest BCUT2D eigenvalue weighted by Gasteiger charge is 2.12. The van der Waals surface area contributed by atoms with Gasteiger partial charge < -0.3 is 9.84 Å². The van der Waals surface area contributed by atoms with Crippen LogP contribution in [0.15, 0.2) is 54.9 Å². The molecule has 0 radical (unpaired) electrons. The fourth-order valence-corrected chi connectivity index (χ4v) is 1.72. The summed E-state index contributed by atoms with van der Waals surface area (Å²) in [6, 6.07) is 10.3. The van der Waals surface area contributed by atoms with E-state index in [2.05, 4.69) is 4.98 Å². The van der Waals surface area contributed by atoms with Crippen LogP contribution in [0.1, 0.15) is 22.8 Å². The van der Waals surface area contributed by atoms with Gasteiger partial charge >= 0.3 is 5.97 Å². The molecule has 112 valence electrons. The van der Waals surface area contributed by atoms with Crippen molar-refractivity contribution in [3.05, 3.63) is 66.0 Å². The van der Waals surface area contributed by atoms with Gasteiger partial charge in [-0.1, -0.05) is 18.2 Å². The van der Waals surface area contributed by atoms with Gasteiger partial charge in [-0.05, 0) is 42.8 Å². The second-order valence-electron chi connectivity index (χ2n) is 4.61. The monoisotopic (exact) mass is 297 g/mol. The molecule has 1 aromatic heterocycles. The maximum atomic E-state index is 11.9. The summed E-state index contributed by atoms with van der Waals surface area (Å²) in [5.74, 6) is -0.753. The van der Waals surface area contributed by atoms with Gasteiger partial charge in [0.25, 0.3) is 0 Å². The van der Waals surface area contributed by atoms with Crippen LogP contribution in [-0.2, 0) is 4.79 Å². The first kappa shape index (κ1) is 15.4. The van der Waals surface area contributed by atoms with E-state index in [0.29, 0.717) is 11.3 Å². The number of carbonyl (C=O) groups excluding carboxylic acids is 1. The van der Waals surface area contributed by atoms with Crippen LogP contribution in [0.5, 0.6) is 5.75 Å². The lowest BCUT2D eigenvalue weighted by atomic mass is 10.1. The predicted molar refractivity (Wildman–Crippen MR) is 81.8 cm³/mol. The number of aromatic nitrogens is 1. The Bertz CT molecular complexity index is 695. The Morgan fingerprint density at radius 1 is 1.27 bits per heavy atom. The van der Waals surface area contributed by atoms with Crippen molar-refractivity contribution in [1.82, 2.24) is 4.98 Å². The van der Waals surface area contributed by atoms with Crippen molar-refractivity contribution in [2.45, 2.75) is 13.0 Å². The molecule has 2 rings (SSSR count). The minimum Gasteiger partial charge on any atom is -0.479 e. The van der Waals surface area contributed by atoms with Gasteiger partial charge in [0, 0.05) is 18.0 Å². The van der Waals surface area contributed by atoms with Crippen molar-refractivity contribution in [3.63, 3.8) is 0 Å². The van der Waals surface area contributed by atoms with E-state index in [1.807, 2.05) is 0 Å². The Hall–Kier alpha value is -2.95. The summed E-state index contributed by atoms with van der Waals surface area (Å²) in [6.07, 6.45) is 5.26. The number of carboxylic acid groups (broad SMARTS) is 1. The summed E-state index contributed by atoms with van der Waals surface area (Å²) >= 11 is 0. The van der Waals surface area contributed by atoms with Crippen molar-refractivity contribution < 1.29 is 19.4 Å². The lowest BCUT2D eigenvalue weighted by Gasteiger charge is -2.10. The number of carboxylic acids is 1. The standard InChI is InChI=1S/C17H15NO4/c1-12(17(20)21)22-15-6-2-4-13(10-15)7-8-16(19)14-5-3-9-18-11-14/h2-12H,1H3,(H,20,21)/b8-7+/t12-/m1/s1. The van der Waals surface area contributed by atoms with Gasteiger partial charge in [-0.3, -0.25) is 9.78 Å². The van der Waals surface area contributed by atoms with Crippen LogP contribution < -0.4 is 4.74 Å². The summed E-state index contributed by atoms with van der Waals surface area (Å²) in [5.41, 5.74) is 1.25. The van der Waals surface area contributed by atoms with Gasteiger partial charge in [0.2, 0.25) is 0 Å². The molecule has 0 amide bonds. The summed E-state index contributed by atoms with van der Waals surface area (Å²) < 4.78 is 5.28. The zero-order chi connectivity index (χ0) is 15.9. The van der Waals surface area contributed by atoms with Crippen LogP contribution >= 0.6 is 0 Å². The van der Waals surface area contributed by atoms with Crippen molar-refractivity contribution in [1.29, 1.82) is 0 Å². The number of hydrogen-bond acceptors (Lipinski definition) is 4. The molecule has 0 aliphatic heterocycles. The van der Waals surface area contributed by atoms with Crippen molar-refractivity contribution in [3.8, 4) is 5.75 Å². The van der Waals surface area contributed by atoms with Gasteiger partial charge in [-0.15, -0.1) is 0 Å². The number of ketones is 1.